The fourth-order valence-electron chi connectivity index (χ4n) is 3.05. The van der Waals surface area contributed by atoms with Gasteiger partial charge in [0.05, 0.1) is 12.2 Å². The molecule has 0 spiro atoms. The van der Waals surface area contributed by atoms with Crippen molar-refractivity contribution in [1.29, 1.82) is 0 Å². The highest BCUT2D eigenvalue weighted by Gasteiger charge is 2.40. The molecule has 1 N–H and O–H groups in total. The molecule has 1 amide bonds. The molecule has 0 aliphatic carbocycles. The molecule has 1 aliphatic heterocycles. The molecule has 1 fully saturated rings. The number of hydrogen-bond acceptors (Lipinski definition) is 3. The number of thioether (sulfide) groups is 1. The topological polar surface area (TPSA) is 32.3 Å². The lowest BCUT2D eigenvalue weighted by molar-refractivity contribution is -0.131. The molecule has 0 aromatic heterocycles. The summed E-state index contributed by atoms with van der Waals surface area (Å²) >= 11 is 1.82. The van der Waals surface area contributed by atoms with Gasteiger partial charge in [-0.2, -0.15) is 11.8 Å². The van der Waals surface area contributed by atoms with Gasteiger partial charge in [0.2, 0.25) is 5.91 Å². The number of benzene rings is 1. The van der Waals surface area contributed by atoms with Crippen molar-refractivity contribution in [3.05, 3.63) is 35.9 Å². The lowest BCUT2D eigenvalue weighted by atomic mass is 10.1. The predicted octanol–water partition coefficient (Wildman–Crippen LogP) is 2.91. The van der Waals surface area contributed by atoms with Gasteiger partial charge in [-0.05, 0) is 31.1 Å². The molecule has 1 aromatic carbocycles. The highest BCUT2D eigenvalue weighted by atomic mass is 32.2. The molecule has 3 atom stereocenters. The minimum Gasteiger partial charge on any atom is -0.322 e. The Bertz CT molecular complexity index is 451. The molecule has 1 saturated heterocycles. The quantitative estimate of drug-likeness (QED) is 0.840. The van der Waals surface area contributed by atoms with Gasteiger partial charge in [-0.1, -0.05) is 44.2 Å². The second-order valence-electron chi connectivity index (χ2n) is 5.60. The highest BCUT2D eigenvalue weighted by Crippen LogP contribution is 2.23. The van der Waals surface area contributed by atoms with E-state index in [1.807, 2.05) is 30.0 Å². The zero-order chi connectivity index (χ0) is 15.2. The Hall–Kier alpha value is -1.00. The molecule has 2 rings (SSSR count). The number of rotatable bonds is 7. The van der Waals surface area contributed by atoms with Crippen molar-refractivity contribution in [3.8, 4) is 0 Å². The van der Waals surface area contributed by atoms with E-state index in [1.54, 1.807) is 0 Å². The normalized spacial score (nSPS) is 23.6. The minimum absolute atomic E-state index is 0.0757. The van der Waals surface area contributed by atoms with Crippen LogP contribution in [0.4, 0.5) is 0 Å². The number of nitrogens with zero attached hydrogens (tertiary/aromatic N) is 1. The fourth-order valence-corrected chi connectivity index (χ4v) is 3.83. The summed E-state index contributed by atoms with van der Waals surface area (Å²) in [5, 5.41) is 3.53. The van der Waals surface area contributed by atoms with Crippen LogP contribution < -0.4 is 5.32 Å². The maximum Gasteiger partial charge on any atom is 0.241 e. The summed E-state index contributed by atoms with van der Waals surface area (Å²) in [6.07, 6.45) is 5.05. The molecule has 3 unspecified atom stereocenters. The number of carbonyl (C=O) groups is 1. The van der Waals surface area contributed by atoms with Crippen molar-refractivity contribution in [1.82, 2.24) is 10.2 Å². The van der Waals surface area contributed by atoms with Gasteiger partial charge in [-0.3, -0.25) is 10.1 Å². The highest BCUT2D eigenvalue weighted by molar-refractivity contribution is 7.98. The second kappa shape index (κ2) is 7.85. The molecule has 0 radical (unpaired) electrons. The lowest BCUT2D eigenvalue weighted by Gasteiger charge is -2.31. The van der Waals surface area contributed by atoms with Crippen molar-refractivity contribution < 1.29 is 4.79 Å². The number of amides is 1. The monoisotopic (exact) mass is 306 g/mol. The first-order chi connectivity index (χ1) is 10.2. The smallest absolute Gasteiger partial charge is 0.241 e. The first-order valence-corrected chi connectivity index (χ1v) is 9.21. The van der Waals surface area contributed by atoms with E-state index in [-0.39, 0.29) is 18.1 Å². The molecule has 21 heavy (non-hydrogen) atoms. The van der Waals surface area contributed by atoms with E-state index in [9.17, 15) is 4.79 Å². The molecular weight excluding hydrogens is 280 g/mol. The Balaban J connectivity index is 2.11. The van der Waals surface area contributed by atoms with Gasteiger partial charge >= 0.3 is 0 Å². The molecule has 116 valence electrons. The number of carbonyl (C=O) groups excluding carboxylic acids is 1. The summed E-state index contributed by atoms with van der Waals surface area (Å²) in [6.45, 7) is 4.32. The Morgan fingerprint density at radius 3 is 2.57 bits per heavy atom. The summed E-state index contributed by atoms with van der Waals surface area (Å²) in [6, 6.07) is 10.5. The van der Waals surface area contributed by atoms with E-state index in [1.165, 1.54) is 5.56 Å². The first-order valence-electron chi connectivity index (χ1n) is 7.82. The van der Waals surface area contributed by atoms with Crippen molar-refractivity contribution in [2.24, 2.45) is 0 Å². The van der Waals surface area contributed by atoms with Crippen LogP contribution in [0.2, 0.25) is 0 Å². The molecule has 3 nitrogen and oxygen atoms in total. The van der Waals surface area contributed by atoms with Gasteiger partial charge in [0.25, 0.3) is 0 Å². The number of nitrogens with one attached hydrogen (secondary N) is 1. The van der Waals surface area contributed by atoms with E-state index < -0.39 is 0 Å². The van der Waals surface area contributed by atoms with Crippen LogP contribution in [0.15, 0.2) is 30.3 Å². The molecular formula is C17H26N2OS. The molecule has 4 heteroatoms. The van der Waals surface area contributed by atoms with Gasteiger partial charge in [0.1, 0.15) is 0 Å². The third-order valence-corrected chi connectivity index (χ3v) is 4.89. The first kappa shape index (κ1) is 16.4. The maximum absolute atomic E-state index is 12.8. The van der Waals surface area contributed by atoms with Gasteiger partial charge < -0.3 is 4.90 Å². The Morgan fingerprint density at radius 1 is 1.29 bits per heavy atom. The van der Waals surface area contributed by atoms with Gasteiger partial charge in [-0.25, -0.2) is 0 Å². The Morgan fingerprint density at radius 2 is 2.00 bits per heavy atom. The molecule has 0 bridgehead atoms. The largest absolute Gasteiger partial charge is 0.322 e. The van der Waals surface area contributed by atoms with Crippen molar-refractivity contribution in [3.63, 3.8) is 0 Å². The summed E-state index contributed by atoms with van der Waals surface area (Å²) in [5.74, 6) is 1.28. The Labute approximate surface area is 132 Å². The minimum atomic E-state index is -0.0757. The van der Waals surface area contributed by atoms with Crippen LogP contribution in [-0.4, -0.2) is 41.1 Å². The summed E-state index contributed by atoms with van der Waals surface area (Å²) < 4.78 is 0. The lowest BCUT2D eigenvalue weighted by Crippen LogP contribution is -2.45. The molecule has 0 saturated carbocycles. The van der Waals surface area contributed by atoms with E-state index in [0.29, 0.717) is 6.04 Å². The Kier molecular flexibility index (Phi) is 6.12. The summed E-state index contributed by atoms with van der Waals surface area (Å²) in [5.41, 5.74) is 1.22. The molecule has 1 heterocycles. The van der Waals surface area contributed by atoms with E-state index in [2.05, 4.69) is 42.5 Å². The standard InChI is InChI=1S/C17H26N2OS/c1-4-14(12-21-3)19-16(5-2)18-15(17(19)20)11-13-9-7-6-8-10-13/h6-10,14-16,18H,4-5,11-12H2,1-3H3. The van der Waals surface area contributed by atoms with Crippen LogP contribution in [0.1, 0.15) is 32.3 Å². The van der Waals surface area contributed by atoms with E-state index in [4.69, 9.17) is 0 Å². The van der Waals surface area contributed by atoms with Crippen LogP contribution in [0.5, 0.6) is 0 Å². The molecule has 1 aliphatic rings. The zero-order valence-electron chi connectivity index (χ0n) is 13.2. The van der Waals surface area contributed by atoms with Crippen LogP contribution in [0.3, 0.4) is 0 Å². The average molecular weight is 306 g/mol. The third-order valence-electron chi connectivity index (χ3n) is 4.17. The predicted molar refractivity (Wildman–Crippen MR) is 90.5 cm³/mol. The van der Waals surface area contributed by atoms with Crippen molar-refractivity contribution >= 4 is 17.7 Å². The van der Waals surface area contributed by atoms with Crippen LogP contribution in [0.25, 0.3) is 0 Å². The van der Waals surface area contributed by atoms with Crippen molar-refractivity contribution in [2.45, 2.75) is 51.4 Å². The number of hydrogen-bond donors (Lipinski definition) is 1. The zero-order valence-corrected chi connectivity index (χ0v) is 14.0. The average Bonchev–Trinajstić information content (AvgIpc) is 2.82. The summed E-state index contributed by atoms with van der Waals surface area (Å²) in [4.78, 5) is 14.9. The third kappa shape index (κ3) is 3.80. The second-order valence-corrected chi connectivity index (χ2v) is 6.51. The van der Waals surface area contributed by atoms with Gasteiger partial charge in [-0.15, -0.1) is 0 Å². The van der Waals surface area contributed by atoms with Crippen LogP contribution in [0, 0.1) is 0 Å². The van der Waals surface area contributed by atoms with Gasteiger partial charge in [0, 0.05) is 11.8 Å². The van der Waals surface area contributed by atoms with E-state index >= 15 is 0 Å². The van der Waals surface area contributed by atoms with Crippen LogP contribution in [-0.2, 0) is 11.2 Å². The fraction of sp³-hybridized carbons (Fsp3) is 0.588. The van der Waals surface area contributed by atoms with Gasteiger partial charge in [0.15, 0.2) is 0 Å². The molecule has 1 aromatic rings. The maximum atomic E-state index is 12.8. The summed E-state index contributed by atoms with van der Waals surface area (Å²) in [7, 11) is 0. The van der Waals surface area contributed by atoms with Crippen LogP contribution >= 0.6 is 11.8 Å². The van der Waals surface area contributed by atoms with E-state index in [0.717, 1.165) is 25.0 Å². The SMILES string of the molecule is CCC(CSC)N1C(=O)C(Cc2ccccc2)NC1CC. The van der Waals surface area contributed by atoms with Crippen molar-refractivity contribution in [2.75, 3.05) is 12.0 Å².